The molecule has 5 heteroatoms. The zero-order valence-corrected chi connectivity index (χ0v) is 12.4. The predicted octanol–water partition coefficient (Wildman–Crippen LogP) is 3.43. The number of fused-ring (bicyclic) bond motifs is 2. The second kappa shape index (κ2) is 5.19. The van der Waals surface area contributed by atoms with E-state index in [4.69, 9.17) is 0 Å². The number of nitrogens with zero attached hydrogens (tertiary/aromatic N) is 2. The molecule has 3 rings (SSSR count). The van der Waals surface area contributed by atoms with Crippen molar-refractivity contribution in [3.8, 4) is 0 Å². The topological polar surface area (TPSA) is 54.9 Å². The molecule has 104 valence electrons. The maximum absolute atomic E-state index is 12.1. The lowest BCUT2D eigenvalue weighted by atomic mass is 9.86. The molecule has 2 aliphatic carbocycles. The lowest BCUT2D eigenvalue weighted by Crippen LogP contribution is -2.20. The van der Waals surface area contributed by atoms with E-state index < -0.39 is 0 Å². The van der Waals surface area contributed by atoms with E-state index >= 15 is 0 Å². The summed E-state index contributed by atoms with van der Waals surface area (Å²) in [6, 6.07) is 0. The Labute approximate surface area is 118 Å². The Hall–Kier alpha value is -0.970. The molecule has 1 aromatic heterocycles. The quantitative estimate of drug-likeness (QED) is 0.918. The number of nitrogens with one attached hydrogen (secondary N) is 1. The summed E-state index contributed by atoms with van der Waals surface area (Å²) >= 11 is 1.49. The van der Waals surface area contributed by atoms with Gasteiger partial charge in [-0.05, 0) is 37.0 Å². The van der Waals surface area contributed by atoms with Crippen molar-refractivity contribution in [3.05, 3.63) is 5.01 Å². The Morgan fingerprint density at radius 2 is 2.21 bits per heavy atom. The summed E-state index contributed by atoms with van der Waals surface area (Å²) in [6.45, 7) is 4.17. The molecule has 1 N–H and O–H groups in total. The molecule has 1 amide bonds. The van der Waals surface area contributed by atoms with Gasteiger partial charge >= 0.3 is 0 Å². The van der Waals surface area contributed by atoms with Crippen molar-refractivity contribution in [1.29, 1.82) is 0 Å². The molecule has 0 aromatic carbocycles. The first kappa shape index (κ1) is 13.0. The van der Waals surface area contributed by atoms with Crippen LogP contribution in [0.4, 0.5) is 5.13 Å². The van der Waals surface area contributed by atoms with Gasteiger partial charge in [0.15, 0.2) is 0 Å². The maximum Gasteiger partial charge on any atom is 0.226 e. The van der Waals surface area contributed by atoms with Crippen LogP contribution in [0.5, 0.6) is 0 Å². The van der Waals surface area contributed by atoms with Crippen LogP contribution < -0.4 is 5.32 Å². The average molecular weight is 279 g/mol. The SMILES string of the molecule is CC(C)c1nnc(NC(=O)C[C@@H]2C[C@H]3CC[C@H]2C3)s1. The first-order chi connectivity index (χ1) is 9.11. The number of amides is 1. The molecule has 0 radical (unpaired) electrons. The first-order valence-electron chi connectivity index (χ1n) is 7.25. The molecule has 2 bridgehead atoms. The number of aromatic nitrogens is 2. The van der Waals surface area contributed by atoms with E-state index in [9.17, 15) is 4.79 Å². The Bertz CT molecular complexity index is 471. The van der Waals surface area contributed by atoms with Crippen LogP contribution in [0.1, 0.15) is 56.9 Å². The van der Waals surface area contributed by atoms with Crippen molar-refractivity contribution < 1.29 is 4.79 Å². The third kappa shape index (κ3) is 2.81. The fourth-order valence-electron chi connectivity index (χ4n) is 3.55. The molecule has 2 saturated carbocycles. The van der Waals surface area contributed by atoms with Gasteiger partial charge in [-0.15, -0.1) is 10.2 Å². The summed E-state index contributed by atoms with van der Waals surface area (Å²) in [5, 5.41) is 12.7. The third-order valence-corrected chi connectivity index (χ3v) is 5.65. The number of hydrogen-bond acceptors (Lipinski definition) is 4. The van der Waals surface area contributed by atoms with Crippen LogP contribution >= 0.6 is 11.3 Å². The van der Waals surface area contributed by atoms with Crippen LogP contribution in [-0.2, 0) is 4.79 Å². The summed E-state index contributed by atoms with van der Waals surface area (Å²) in [5.74, 6) is 2.79. The summed E-state index contributed by atoms with van der Waals surface area (Å²) in [4.78, 5) is 12.1. The Balaban J connectivity index is 1.53. The monoisotopic (exact) mass is 279 g/mol. The van der Waals surface area contributed by atoms with Crippen LogP contribution in [0.25, 0.3) is 0 Å². The molecule has 3 atom stereocenters. The normalized spacial score (nSPS) is 29.1. The van der Waals surface area contributed by atoms with Gasteiger partial charge in [-0.25, -0.2) is 0 Å². The van der Waals surface area contributed by atoms with E-state index in [-0.39, 0.29) is 5.91 Å². The van der Waals surface area contributed by atoms with Gasteiger partial charge in [-0.2, -0.15) is 0 Å². The molecule has 0 spiro atoms. The van der Waals surface area contributed by atoms with Crippen molar-refractivity contribution >= 4 is 22.4 Å². The molecule has 1 heterocycles. The molecule has 2 fully saturated rings. The van der Waals surface area contributed by atoms with Crippen molar-refractivity contribution in [2.24, 2.45) is 17.8 Å². The highest BCUT2D eigenvalue weighted by Crippen LogP contribution is 2.49. The number of hydrogen-bond donors (Lipinski definition) is 1. The van der Waals surface area contributed by atoms with E-state index in [1.54, 1.807) is 0 Å². The fourth-order valence-corrected chi connectivity index (χ4v) is 4.32. The summed E-state index contributed by atoms with van der Waals surface area (Å²) in [5.41, 5.74) is 0. The summed E-state index contributed by atoms with van der Waals surface area (Å²) in [6.07, 6.45) is 5.99. The molecule has 4 nitrogen and oxygen atoms in total. The molecule has 0 saturated heterocycles. The van der Waals surface area contributed by atoms with Gasteiger partial charge in [0.25, 0.3) is 0 Å². The highest BCUT2D eigenvalue weighted by molar-refractivity contribution is 7.15. The summed E-state index contributed by atoms with van der Waals surface area (Å²) < 4.78 is 0. The number of carbonyl (C=O) groups is 1. The minimum atomic E-state index is 0.115. The van der Waals surface area contributed by atoms with Gasteiger partial charge in [0.2, 0.25) is 11.0 Å². The van der Waals surface area contributed by atoms with Gasteiger partial charge in [-0.1, -0.05) is 31.6 Å². The predicted molar refractivity (Wildman–Crippen MR) is 76.2 cm³/mol. The molecule has 2 aliphatic rings. The number of carbonyl (C=O) groups excluding carboxylic acids is 1. The molecule has 1 aromatic rings. The van der Waals surface area contributed by atoms with E-state index in [1.807, 2.05) is 0 Å². The van der Waals surface area contributed by atoms with Gasteiger partial charge in [-0.3, -0.25) is 4.79 Å². The van der Waals surface area contributed by atoms with Gasteiger partial charge < -0.3 is 5.32 Å². The molecule has 0 unspecified atom stereocenters. The second-order valence-electron chi connectivity index (χ2n) is 6.29. The highest BCUT2D eigenvalue weighted by atomic mass is 32.1. The minimum Gasteiger partial charge on any atom is -0.301 e. The fraction of sp³-hybridized carbons (Fsp3) is 0.786. The van der Waals surface area contributed by atoms with Crippen molar-refractivity contribution in [1.82, 2.24) is 10.2 Å². The molecule has 0 aliphatic heterocycles. The second-order valence-corrected chi connectivity index (χ2v) is 7.30. The van der Waals surface area contributed by atoms with Crippen molar-refractivity contribution in [2.75, 3.05) is 5.32 Å². The molecular weight excluding hydrogens is 258 g/mol. The number of rotatable bonds is 4. The molecular formula is C14H21N3OS. The Kier molecular flexibility index (Phi) is 3.56. The Morgan fingerprint density at radius 3 is 2.79 bits per heavy atom. The lowest BCUT2D eigenvalue weighted by Gasteiger charge is -2.20. The zero-order valence-electron chi connectivity index (χ0n) is 11.6. The highest BCUT2D eigenvalue weighted by Gasteiger charge is 2.40. The van der Waals surface area contributed by atoms with Crippen LogP contribution in [0.15, 0.2) is 0 Å². The van der Waals surface area contributed by atoms with Crippen LogP contribution in [0.2, 0.25) is 0 Å². The lowest BCUT2D eigenvalue weighted by molar-refractivity contribution is -0.117. The van der Waals surface area contributed by atoms with E-state index in [0.29, 0.717) is 23.4 Å². The Morgan fingerprint density at radius 1 is 1.37 bits per heavy atom. The van der Waals surface area contributed by atoms with Crippen LogP contribution in [0.3, 0.4) is 0 Å². The van der Waals surface area contributed by atoms with Crippen molar-refractivity contribution in [2.45, 2.75) is 51.9 Å². The largest absolute Gasteiger partial charge is 0.301 e. The maximum atomic E-state index is 12.1. The standard InChI is InChI=1S/C14H21N3OS/c1-8(2)13-16-17-14(19-13)15-12(18)7-11-6-9-3-4-10(11)5-9/h8-11H,3-7H2,1-2H3,(H,15,17,18)/t9-,10-,11-/m0/s1. The zero-order chi connectivity index (χ0) is 13.4. The third-order valence-electron chi connectivity index (χ3n) is 4.51. The van der Waals surface area contributed by atoms with E-state index in [0.717, 1.165) is 16.8 Å². The van der Waals surface area contributed by atoms with Crippen LogP contribution in [-0.4, -0.2) is 16.1 Å². The smallest absolute Gasteiger partial charge is 0.226 e. The van der Waals surface area contributed by atoms with Gasteiger partial charge in [0.1, 0.15) is 5.01 Å². The van der Waals surface area contributed by atoms with Gasteiger partial charge in [0, 0.05) is 12.3 Å². The van der Waals surface area contributed by atoms with Gasteiger partial charge in [0.05, 0.1) is 0 Å². The van der Waals surface area contributed by atoms with Crippen molar-refractivity contribution in [3.63, 3.8) is 0 Å². The average Bonchev–Trinajstić information content (AvgIpc) is 3.03. The van der Waals surface area contributed by atoms with Crippen LogP contribution in [0, 0.1) is 17.8 Å². The minimum absolute atomic E-state index is 0.115. The number of anilines is 1. The molecule has 19 heavy (non-hydrogen) atoms. The van der Waals surface area contributed by atoms with E-state index in [2.05, 4.69) is 29.4 Å². The van der Waals surface area contributed by atoms with E-state index in [1.165, 1.54) is 37.0 Å². The summed E-state index contributed by atoms with van der Waals surface area (Å²) in [7, 11) is 0. The first-order valence-corrected chi connectivity index (χ1v) is 8.06.